The average molecular weight is 1520 g/mol. The lowest BCUT2D eigenvalue weighted by molar-refractivity contribution is -0.232. The quantitative estimate of drug-likeness (QED) is 0.0914. The highest BCUT2D eigenvalue weighted by atomic mass is 35.5. The molecular weight excluding hydrogens is 1400 g/mol. The van der Waals surface area contributed by atoms with E-state index in [1.807, 2.05) is 69.3 Å². The summed E-state index contributed by atoms with van der Waals surface area (Å²) in [6.07, 6.45) is 15.8. The molecule has 4 aromatic rings. The molecule has 10 aliphatic rings. The number of Topliss-reactive ketones (excluding diaryl/α,β-unsaturated/α-hetero) is 2. The molecule has 1 N–H and O–H groups in total. The Morgan fingerprint density at radius 1 is 0.481 bits per heavy atom. The van der Waals surface area contributed by atoms with Crippen LogP contribution in [0.2, 0.25) is 10.0 Å². The minimum Gasteiger partial charge on any atom is -0.481 e. The van der Waals surface area contributed by atoms with Crippen LogP contribution in [0, 0.1) is 101 Å². The topological polar surface area (TPSA) is 228 Å². The highest BCUT2D eigenvalue weighted by Crippen LogP contribution is 2.79. The standard InChI is InChI=1S/C47H65ClN2O6.C43H57ClN2O6/c1-27(2)36-31(51)25-47(39-50-49-38(55-39)28-13-15-29(48)16-14-28)24-23-45(11)30(37(36)47)17-18-33-44(10)21-20-34(43(8,9)32(44)19-22-46(33,45)12)54-35(52)26-42(6,7)40(53)56-41(3,4)5;1-24(2)33-28(47)22-43(36-46-45-35(52-36)25-10-12-26(44)13-11-25)21-20-41(8)27(34(33)43)14-15-30-40(7)18-17-31(51-32(48)23-38(3,4)37(49)50)39(5,6)29(40)16-19-42(30,41)9/h13-16,27,30,32-34H,17-26H2,1-12H3;10-13,24,27,29-31H,14-23H2,1-9H3,(H,49,50)/t30-,32+,33-,34+,44+,45-,46-,47-;27-,29+,30-,31+,40+,41-,42-,43-/m11/s1. The molecule has 0 bridgehead atoms. The van der Waals surface area contributed by atoms with E-state index in [4.69, 9.17) is 56.4 Å². The van der Waals surface area contributed by atoms with Crippen molar-refractivity contribution in [2.75, 3.05) is 0 Å². The number of aromatic nitrogens is 4. The third kappa shape index (κ3) is 12.6. The molecule has 0 saturated heterocycles. The summed E-state index contributed by atoms with van der Waals surface area (Å²) in [5, 5.41) is 29.3. The predicted molar refractivity (Wildman–Crippen MR) is 417 cm³/mol. The highest BCUT2D eigenvalue weighted by Gasteiger charge is 2.74. The van der Waals surface area contributed by atoms with Gasteiger partial charge in [0.15, 0.2) is 11.6 Å². The van der Waals surface area contributed by atoms with Crippen LogP contribution in [0.3, 0.4) is 0 Å². The lowest BCUT2D eigenvalue weighted by Crippen LogP contribution is -2.66. The van der Waals surface area contributed by atoms with Gasteiger partial charge in [-0.3, -0.25) is 28.8 Å². The Labute approximate surface area is 651 Å². The number of hydrogen-bond acceptors (Lipinski definition) is 15. The minimum absolute atomic E-state index is 0.0128. The number of fused-ring (bicyclic) bond motifs is 14. The van der Waals surface area contributed by atoms with Gasteiger partial charge in [0.2, 0.25) is 23.6 Å². The molecule has 0 amide bonds. The Kier molecular flexibility index (Phi) is 20.1. The van der Waals surface area contributed by atoms with Crippen LogP contribution in [-0.2, 0) is 53.8 Å². The first-order chi connectivity index (χ1) is 50.1. The summed E-state index contributed by atoms with van der Waals surface area (Å²) in [4.78, 5) is 79.6. The molecule has 0 spiro atoms. The van der Waals surface area contributed by atoms with Crippen LogP contribution >= 0.6 is 23.2 Å². The zero-order valence-electron chi connectivity index (χ0n) is 68.5. The number of carbonyl (C=O) groups is 6. The molecule has 18 heteroatoms. The summed E-state index contributed by atoms with van der Waals surface area (Å²) in [5.41, 5.74) is 1.94. The molecule has 10 aliphatic carbocycles. The number of halogens is 2. The molecular formula is C90H122Cl2N4O12. The van der Waals surface area contributed by atoms with Gasteiger partial charge in [0.25, 0.3) is 0 Å². The molecule has 2 aromatic carbocycles. The van der Waals surface area contributed by atoms with Gasteiger partial charge in [-0.05, 0) is 302 Å². The molecule has 8 fully saturated rings. The van der Waals surface area contributed by atoms with Gasteiger partial charge in [-0.25, -0.2) is 0 Å². The summed E-state index contributed by atoms with van der Waals surface area (Å²) < 4.78 is 31.3. The second-order valence-electron chi connectivity index (χ2n) is 41.0. The van der Waals surface area contributed by atoms with Crippen LogP contribution in [-0.4, -0.2) is 78.8 Å². The Balaban J connectivity index is 0.000000191. The van der Waals surface area contributed by atoms with Gasteiger partial charge in [0.05, 0.1) is 34.5 Å². The van der Waals surface area contributed by atoms with Crippen molar-refractivity contribution in [1.29, 1.82) is 0 Å². The maximum atomic E-state index is 14.2. The Hall–Kier alpha value is -6.00. The van der Waals surface area contributed by atoms with Gasteiger partial charge in [0, 0.05) is 44.8 Å². The molecule has 0 radical (unpaired) electrons. The molecule has 16 atom stereocenters. The number of hydrogen-bond donors (Lipinski definition) is 1. The molecule has 2 heterocycles. The predicted octanol–water partition coefficient (Wildman–Crippen LogP) is 21.3. The van der Waals surface area contributed by atoms with Crippen molar-refractivity contribution in [3.63, 3.8) is 0 Å². The summed E-state index contributed by atoms with van der Waals surface area (Å²) in [6.45, 7) is 45.3. The third-order valence-corrected chi connectivity index (χ3v) is 32.3. The average Bonchev–Trinajstić information content (AvgIpc) is 1.34. The first kappa shape index (κ1) is 80.1. The molecule has 108 heavy (non-hydrogen) atoms. The van der Waals surface area contributed by atoms with Crippen molar-refractivity contribution < 1.29 is 56.9 Å². The molecule has 2 aromatic heterocycles. The van der Waals surface area contributed by atoms with E-state index >= 15 is 0 Å². The number of rotatable bonds is 14. The Morgan fingerprint density at radius 2 is 0.852 bits per heavy atom. The van der Waals surface area contributed by atoms with Crippen molar-refractivity contribution in [2.24, 2.45) is 101 Å². The van der Waals surface area contributed by atoms with E-state index in [0.717, 1.165) is 125 Å². The summed E-state index contributed by atoms with van der Waals surface area (Å²) in [7, 11) is 0. The maximum Gasteiger partial charge on any atom is 0.312 e. The molecule has 0 unspecified atom stereocenters. The van der Waals surface area contributed by atoms with Gasteiger partial charge in [0.1, 0.15) is 17.8 Å². The minimum atomic E-state index is -1.17. The molecule has 14 rings (SSSR count). The SMILES string of the molecule is CC(C)C1=C2[C@H]3CC[C@@H]4[C@@]5(C)CC[C@H](OC(=O)CC(C)(C)C(=O)O)C(C)(C)[C@@H]5CC[C@@]4(C)[C@]3(C)CC[C@@]2(c2nnc(-c3ccc(Cl)cc3)o2)CC1=O.CC(C)C1=C2[C@H]3CC[C@@H]4[C@@]5(C)CC[C@H](OC(=O)CC(C)(C)C(=O)OC(C)(C)C)C(C)(C)[C@@H]5CC[C@@]4(C)[C@]3(C)CC[C@@]2(c2nnc(-c3ccc(Cl)cc3)o2)CC1=O. The van der Waals surface area contributed by atoms with E-state index in [2.05, 4.69) is 107 Å². The van der Waals surface area contributed by atoms with Crippen molar-refractivity contribution in [2.45, 2.75) is 302 Å². The monoisotopic (exact) mass is 1520 g/mol. The first-order valence-corrected chi connectivity index (χ1v) is 41.5. The van der Waals surface area contributed by atoms with Crippen LogP contribution < -0.4 is 0 Å². The Bertz CT molecular complexity index is 4300. The number of aliphatic carboxylic acids is 1. The van der Waals surface area contributed by atoms with Crippen LogP contribution in [0.4, 0.5) is 0 Å². The van der Waals surface area contributed by atoms with Crippen LogP contribution in [0.5, 0.6) is 0 Å². The van der Waals surface area contributed by atoms with Crippen LogP contribution in [0.25, 0.3) is 22.9 Å². The summed E-state index contributed by atoms with van der Waals surface area (Å²) in [6, 6.07) is 14.9. The van der Waals surface area contributed by atoms with E-state index in [0.29, 0.717) is 70.1 Å². The molecule has 8 saturated carbocycles. The van der Waals surface area contributed by atoms with Crippen molar-refractivity contribution in [3.8, 4) is 22.9 Å². The summed E-state index contributed by atoms with van der Waals surface area (Å²) >= 11 is 12.3. The fourth-order valence-electron chi connectivity index (χ4n) is 26.1. The normalized spacial score (nSPS) is 36.1. The summed E-state index contributed by atoms with van der Waals surface area (Å²) in [5.74, 6) is 2.80. The maximum absolute atomic E-state index is 14.2. The number of ketones is 2. The van der Waals surface area contributed by atoms with Gasteiger partial charge in [-0.2, -0.15) is 0 Å². The van der Waals surface area contributed by atoms with Gasteiger partial charge >= 0.3 is 23.9 Å². The third-order valence-electron chi connectivity index (χ3n) is 31.8. The van der Waals surface area contributed by atoms with Gasteiger partial charge in [-0.15, -0.1) is 20.4 Å². The van der Waals surface area contributed by atoms with Crippen LogP contribution in [0.15, 0.2) is 79.7 Å². The number of allylic oxidation sites excluding steroid dienone is 4. The van der Waals surface area contributed by atoms with E-state index in [-0.39, 0.29) is 116 Å². The number of nitrogens with zero attached hydrogens (tertiary/aromatic N) is 4. The van der Waals surface area contributed by atoms with Crippen LogP contribution in [0.1, 0.15) is 286 Å². The fourth-order valence-corrected chi connectivity index (χ4v) is 26.3. The van der Waals surface area contributed by atoms with E-state index in [1.54, 1.807) is 27.7 Å². The van der Waals surface area contributed by atoms with Crippen molar-refractivity contribution in [1.82, 2.24) is 20.4 Å². The number of carboxylic acids is 1. The second kappa shape index (κ2) is 27.1. The second-order valence-corrected chi connectivity index (χ2v) is 41.9. The zero-order chi connectivity index (χ0) is 78.8. The van der Waals surface area contributed by atoms with Crippen molar-refractivity contribution >= 4 is 58.6 Å². The number of ether oxygens (including phenoxy) is 3. The largest absolute Gasteiger partial charge is 0.481 e. The number of carboxylic acid groups (broad SMARTS) is 1. The lowest BCUT2D eigenvalue weighted by atomic mass is 9.33. The fraction of sp³-hybridized carbons (Fsp3) is 0.711. The van der Waals surface area contributed by atoms with E-state index < -0.39 is 39.2 Å². The smallest absolute Gasteiger partial charge is 0.312 e. The first-order valence-electron chi connectivity index (χ1n) is 40.7. The highest BCUT2D eigenvalue weighted by molar-refractivity contribution is 6.31. The molecule has 588 valence electrons. The number of esters is 3. The van der Waals surface area contributed by atoms with Gasteiger partial charge < -0.3 is 28.2 Å². The van der Waals surface area contributed by atoms with Gasteiger partial charge in [-0.1, -0.05) is 120 Å². The van der Waals surface area contributed by atoms with Crippen molar-refractivity contribution in [3.05, 3.63) is 92.7 Å². The van der Waals surface area contributed by atoms with E-state index in [9.17, 15) is 33.9 Å². The lowest BCUT2D eigenvalue weighted by Gasteiger charge is -2.72. The molecule has 0 aliphatic heterocycles. The number of carbonyl (C=O) groups excluding carboxylic acids is 5. The van der Waals surface area contributed by atoms with E-state index in [1.165, 1.54) is 11.1 Å². The zero-order valence-corrected chi connectivity index (χ0v) is 70.0. The molecule has 16 nitrogen and oxygen atoms in total. The Morgan fingerprint density at radius 3 is 1.20 bits per heavy atom. The number of benzene rings is 2.